The van der Waals surface area contributed by atoms with Crippen molar-refractivity contribution in [3.8, 4) is 0 Å². The zero-order chi connectivity index (χ0) is 17.6. The van der Waals surface area contributed by atoms with Gasteiger partial charge in [0.2, 0.25) is 5.95 Å². The van der Waals surface area contributed by atoms with Gasteiger partial charge in [0.25, 0.3) is 0 Å². The standard InChI is InChI=1S/C19H24N4O2/c1-13-11-17(21-16-10-6-7-14(12-16)18(24)25-2)23-19(20-13)22-15-8-4-3-5-9-15/h6-7,10-12,15H,3-5,8-9H2,1-2H3,(H2,20,21,22,23). The van der Waals surface area contributed by atoms with Crippen molar-refractivity contribution in [2.75, 3.05) is 17.7 Å². The number of aryl methyl sites for hydroxylation is 1. The van der Waals surface area contributed by atoms with E-state index in [9.17, 15) is 4.79 Å². The van der Waals surface area contributed by atoms with Gasteiger partial charge in [0.1, 0.15) is 5.82 Å². The quantitative estimate of drug-likeness (QED) is 0.800. The van der Waals surface area contributed by atoms with Crippen LogP contribution in [-0.4, -0.2) is 29.1 Å². The summed E-state index contributed by atoms with van der Waals surface area (Å²) in [6.07, 6.45) is 6.17. The maximum absolute atomic E-state index is 11.7. The van der Waals surface area contributed by atoms with Crippen LogP contribution in [0.15, 0.2) is 30.3 Å². The van der Waals surface area contributed by atoms with Gasteiger partial charge in [-0.3, -0.25) is 0 Å². The third kappa shape index (κ3) is 4.68. The summed E-state index contributed by atoms with van der Waals surface area (Å²) in [5, 5.41) is 6.69. The maximum Gasteiger partial charge on any atom is 0.337 e. The van der Waals surface area contributed by atoms with Gasteiger partial charge >= 0.3 is 5.97 Å². The third-order valence-corrected chi connectivity index (χ3v) is 4.35. The first kappa shape index (κ1) is 17.2. The van der Waals surface area contributed by atoms with Crippen LogP contribution in [0.4, 0.5) is 17.5 Å². The Labute approximate surface area is 148 Å². The van der Waals surface area contributed by atoms with E-state index in [4.69, 9.17) is 4.74 Å². The SMILES string of the molecule is COC(=O)c1cccc(Nc2cc(C)nc(NC3CCCCC3)n2)c1. The number of ether oxygens (including phenoxy) is 1. The summed E-state index contributed by atoms with van der Waals surface area (Å²) in [5.74, 6) is 0.994. The molecular weight excluding hydrogens is 316 g/mol. The molecule has 1 heterocycles. The largest absolute Gasteiger partial charge is 0.465 e. The number of aromatic nitrogens is 2. The summed E-state index contributed by atoms with van der Waals surface area (Å²) in [4.78, 5) is 20.7. The lowest BCUT2D eigenvalue weighted by atomic mass is 9.96. The van der Waals surface area contributed by atoms with Crippen molar-refractivity contribution in [1.82, 2.24) is 9.97 Å². The van der Waals surface area contributed by atoms with Gasteiger partial charge in [0.05, 0.1) is 12.7 Å². The molecule has 6 nitrogen and oxygen atoms in total. The first-order valence-electron chi connectivity index (χ1n) is 8.71. The van der Waals surface area contributed by atoms with Crippen LogP contribution in [0.3, 0.4) is 0 Å². The number of hydrogen-bond donors (Lipinski definition) is 2. The highest BCUT2D eigenvalue weighted by Crippen LogP contribution is 2.22. The molecule has 132 valence electrons. The average Bonchev–Trinajstić information content (AvgIpc) is 2.61. The van der Waals surface area contributed by atoms with Gasteiger partial charge in [-0.2, -0.15) is 4.98 Å². The lowest BCUT2D eigenvalue weighted by molar-refractivity contribution is 0.0601. The number of carbonyl (C=O) groups is 1. The highest BCUT2D eigenvalue weighted by Gasteiger charge is 2.15. The molecule has 2 aromatic rings. The Morgan fingerprint density at radius 3 is 2.72 bits per heavy atom. The Hall–Kier alpha value is -2.63. The van der Waals surface area contributed by atoms with Crippen molar-refractivity contribution >= 4 is 23.4 Å². The van der Waals surface area contributed by atoms with E-state index in [1.54, 1.807) is 12.1 Å². The van der Waals surface area contributed by atoms with Gasteiger partial charge in [-0.05, 0) is 38.0 Å². The van der Waals surface area contributed by atoms with Crippen molar-refractivity contribution in [2.45, 2.75) is 45.1 Å². The van der Waals surface area contributed by atoms with Crippen LogP contribution in [0.5, 0.6) is 0 Å². The minimum absolute atomic E-state index is 0.359. The van der Waals surface area contributed by atoms with Gasteiger partial charge < -0.3 is 15.4 Å². The molecule has 1 fully saturated rings. The monoisotopic (exact) mass is 340 g/mol. The molecule has 3 rings (SSSR count). The van der Waals surface area contributed by atoms with Crippen LogP contribution in [0, 0.1) is 6.92 Å². The normalized spacial score (nSPS) is 14.8. The van der Waals surface area contributed by atoms with Crippen LogP contribution in [0.1, 0.15) is 48.2 Å². The number of esters is 1. The number of rotatable bonds is 5. The molecule has 0 spiro atoms. The van der Waals surface area contributed by atoms with E-state index in [2.05, 4.69) is 20.6 Å². The smallest absolute Gasteiger partial charge is 0.337 e. The highest BCUT2D eigenvalue weighted by molar-refractivity contribution is 5.90. The molecule has 0 unspecified atom stereocenters. The second-order valence-corrected chi connectivity index (χ2v) is 6.39. The van der Waals surface area contributed by atoms with Crippen molar-refractivity contribution in [3.63, 3.8) is 0 Å². The highest BCUT2D eigenvalue weighted by atomic mass is 16.5. The van der Waals surface area contributed by atoms with E-state index in [0.717, 1.165) is 11.4 Å². The molecule has 0 aliphatic heterocycles. The molecule has 0 atom stereocenters. The van der Waals surface area contributed by atoms with Crippen LogP contribution >= 0.6 is 0 Å². The van der Waals surface area contributed by atoms with E-state index in [1.807, 2.05) is 25.1 Å². The van der Waals surface area contributed by atoms with Gasteiger partial charge in [-0.1, -0.05) is 25.3 Å². The molecule has 0 amide bonds. The Morgan fingerprint density at radius 2 is 1.96 bits per heavy atom. The number of hydrogen-bond acceptors (Lipinski definition) is 6. The van der Waals surface area contributed by atoms with E-state index < -0.39 is 0 Å². The number of nitrogens with one attached hydrogen (secondary N) is 2. The molecule has 1 aromatic carbocycles. The Kier molecular flexibility index (Phi) is 5.48. The predicted octanol–water partition coefficient (Wildman–Crippen LogP) is 4.06. The summed E-state index contributed by atoms with van der Waals surface area (Å²) in [6, 6.07) is 9.50. The summed E-state index contributed by atoms with van der Waals surface area (Å²) in [6.45, 7) is 1.95. The fourth-order valence-electron chi connectivity index (χ4n) is 3.12. The van der Waals surface area contributed by atoms with E-state index in [-0.39, 0.29) is 5.97 Å². The van der Waals surface area contributed by atoms with E-state index >= 15 is 0 Å². The average molecular weight is 340 g/mol. The Morgan fingerprint density at radius 1 is 1.16 bits per heavy atom. The molecule has 0 bridgehead atoms. The predicted molar refractivity (Wildman–Crippen MR) is 98.3 cm³/mol. The van der Waals surface area contributed by atoms with Gasteiger partial charge in [-0.25, -0.2) is 9.78 Å². The van der Waals surface area contributed by atoms with Crippen LogP contribution < -0.4 is 10.6 Å². The summed E-state index contributed by atoms with van der Waals surface area (Å²) >= 11 is 0. The van der Waals surface area contributed by atoms with Gasteiger partial charge in [-0.15, -0.1) is 0 Å². The maximum atomic E-state index is 11.7. The van der Waals surface area contributed by atoms with Crippen molar-refractivity contribution in [3.05, 3.63) is 41.6 Å². The molecule has 2 N–H and O–H groups in total. The lowest BCUT2D eigenvalue weighted by Gasteiger charge is -2.23. The molecule has 0 saturated heterocycles. The number of anilines is 3. The van der Waals surface area contributed by atoms with Crippen molar-refractivity contribution in [2.24, 2.45) is 0 Å². The van der Waals surface area contributed by atoms with Crippen LogP contribution in [0.25, 0.3) is 0 Å². The number of methoxy groups -OCH3 is 1. The summed E-state index contributed by atoms with van der Waals surface area (Å²) in [5.41, 5.74) is 2.17. The fraction of sp³-hybridized carbons (Fsp3) is 0.421. The molecule has 25 heavy (non-hydrogen) atoms. The number of carbonyl (C=O) groups excluding carboxylic acids is 1. The first-order chi connectivity index (χ1) is 12.1. The van der Waals surface area contributed by atoms with Crippen LogP contribution in [0.2, 0.25) is 0 Å². The Bertz CT molecular complexity index is 742. The molecule has 1 aliphatic carbocycles. The third-order valence-electron chi connectivity index (χ3n) is 4.35. The zero-order valence-corrected chi connectivity index (χ0v) is 14.7. The van der Waals surface area contributed by atoms with E-state index in [0.29, 0.717) is 23.4 Å². The minimum Gasteiger partial charge on any atom is -0.465 e. The number of benzene rings is 1. The second kappa shape index (κ2) is 7.96. The lowest BCUT2D eigenvalue weighted by Crippen LogP contribution is -2.23. The molecule has 6 heteroatoms. The van der Waals surface area contributed by atoms with Crippen LogP contribution in [-0.2, 0) is 4.74 Å². The fourth-order valence-corrected chi connectivity index (χ4v) is 3.12. The minimum atomic E-state index is -0.359. The van der Waals surface area contributed by atoms with Gasteiger partial charge in [0.15, 0.2) is 0 Å². The zero-order valence-electron chi connectivity index (χ0n) is 14.7. The summed E-state index contributed by atoms with van der Waals surface area (Å²) < 4.78 is 4.76. The molecule has 0 radical (unpaired) electrons. The summed E-state index contributed by atoms with van der Waals surface area (Å²) in [7, 11) is 1.37. The van der Waals surface area contributed by atoms with E-state index in [1.165, 1.54) is 39.2 Å². The molecule has 1 aliphatic rings. The number of nitrogens with zero attached hydrogens (tertiary/aromatic N) is 2. The molecule has 1 saturated carbocycles. The first-order valence-corrected chi connectivity index (χ1v) is 8.71. The molecule has 1 aromatic heterocycles. The Balaban J connectivity index is 1.75. The second-order valence-electron chi connectivity index (χ2n) is 6.39. The van der Waals surface area contributed by atoms with Crippen molar-refractivity contribution < 1.29 is 9.53 Å². The topological polar surface area (TPSA) is 76.1 Å². The van der Waals surface area contributed by atoms with Crippen molar-refractivity contribution in [1.29, 1.82) is 0 Å². The molecular formula is C19H24N4O2. The van der Waals surface area contributed by atoms with Gasteiger partial charge in [0, 0.05) is 23.5 Å².